The summed E-state index contributed by atoms with van der Waals surface area (Å²) in [6.45, 7) is 9.32. The topological polar surface area (TPSA) is 91.8 Å². The molecule has 0 atom stereocenters. The van der Waals surface area contributed by atoms with Gasteiger partial charge in [0.25, 0.3) is 0 Å². The average molecular weight is 475 g/mol. The minimum Gasteiger partial charge on any atom is -0.493 e. The number of anilines is 4. The van der Waals surface area contributed by atoms with Crippen LogP contribution in [0.3, 0.4) is 0 Å². The fourth-order valence-corrected chi connectivity index (χ4v) is 3.68. The number of ether oxygens (including phenoxy) is 2. The molecule has 182 valence electrons. The Balaban J connectivity index is 1.50. The highest BCUT2D eigenvalue weighted by Gasteiger charge is 2.17. The lowest BCUT2D eigenvalue weighted by Crippen LogP contribution is -2.44. The maximum absolute atomic E-state index is 11.6. The molecule has 0 bridgehead atoms. The number of carbonyl (C=O) groups excluding carboxylic acids is 1. The van der Waals surface area contributed by atoms with Gasteiger partial charge in [-0.2, -0.15) is 0 Å². The van der Waals surface area contributed by atoms with E-state index in [1.807, 2.05) is 25.3 Å². The van der Waals surface area contributed by atoms with E-state index in [1.165, 1.54) is 6.08 Å². The third-order valence-corrected chi connectivity index (χ3v) is 5.74. The van der Waals surface area contributed by atoms with Crippen LogP contribution in [0.1, 0.15) is 5.56 Å². The molecule has 1 aliphatic heterocycles. The van der Waals surface area contributed by atoms with E-state index < -0.39 is 0 Å². The molecule has 0 radical (unpaired) electrons. The molecule has 0 unspecified atom stereocenters. The molecular weight excluding hydrogens is 444 g/mol. The maximum atomic E-state index is 11.6. The Bertz CT molecular complexity index is 1210. The van der Waals surface area contributed by atoms with Crippen LogP contribution in [0.4, 0.5) is 23.0 Å². The van der Waals surface area contributed by atoms with Gasteiger partial charge in [0.2, 0.25) is 5.91 Å². The van der Waals surface area contributed by atoms with E-state index in [4.69, 9.17) is 9.47 Å². The van der Waals surface area contributed by atoms with Gasteiger partial charge < -0.3 is 29.9 Å². The van der Waals surface area contributed by atoms with Crippen LogP contribution in [-0.4, -0.2) is 61.1 Å². The molecule has 0 spiro atoms. The van der Waals surface area contributed by atoms with Gasteiger partial charge in [-0.05, 0) is 32.2 Å². The average Bonchev–Trinajstić information content (AvgIpc) is 2.87. The fourth-order valence-electron chi connectivity index (χ4n) is 3.68. The summed E-state index contributed by atoms with van der Waals surface area (Å²) in [6.07, 6.45) is 4.80. The Hall–Kier alpha value is -4.11. The molecule has 3 heterocycles. The van der Waals surface area contributed by atoms with Crippen LogP contribution in [0.5, 0.6) is 17.2 Å². The van der Waals surface area contributed by atoms with Gasteiger partial charge in [-0.1, -0.05) is 12.6 Å². The van der Waals surface area contributed by atoms with Crippen molar-refractivity contribution in [2.75, 3.05) is 55.9 Å². The first-order valence-corrected chi connectivity index (χ1v) is 11.4. The van der Waals surface area contributed by atoms with Crippen molar-refractivity contribution in [3.63, 3.8) is 0 Å². The predicted molar refractivity (Wildman–Crippen MR) is 138 cm³/mol. The number of likely N-dealkylation sites (N-methyl/N-ethyl adjacent to an activating group) is 1. The summed E-state index contributed by atoms with van der Waals surface area (Å²) >= 11 is 0. The Morgan fingerprint density at radius 1 is 1.09 bits per heavy atom. The quantitative estimate of drug-likeness (QED) is 0.469. The number of carbonyl (C=O) groups is 1. The zero-order valence-electron chi connectivity index (χ0n) is 20.2. The van der Waals surface area contributed by atoms with Gasteiger partial charge in [-0.15, -0.1) is 0 Å². The number of hydrogen-bond acceptors (Lipinski definition) is 8. The summed E-state index contributed by atoms with van der Waals surface area (Å²) in [4.78, 5) is 25.3. The minimum atomic E-state index is -0.284. The molecule has 9 nitrogen and oxygen atoms in total. The van der Waals surface area contributed by atoms with Crippen molar-refractivity contribution in [1.82, 2.24) is 14.9 Å². The molecule has 4 rings (SSSR count). The lowest BCUT2D eigenvalue weighted by Gasteiger charge is -2.34. The summed E-state index contributed by atoms with van der Waals surface area (Å²) < 4.78 is 11.7. The number of benzene rings is 1. The van der Waals surface area contributed by atoms with Crippen LogP contribution in [-0.2, 0) is 4.79 Å². The molecule has 3 aromatic rings. The van der Waals surface area contributed by atoms with Crippen molar-refractivity contribution in [3.8, 4) is 17.2 Å². The van der Waals surface area contributed by atoms with E-state index in [2.05, 4.69) is 44.0 Å². The van der Waals surface area contributed by atoms with Crippen LogP contribution in [0.25, 0.3) is 0 Å². The van der Waals surface area contributed by atoms with Crippen molar-refractivity contribution in [1.29, 1.82) is 0 Å². The van der Waals surface area contributed by atoms with Gasteiger partial charge in [0.1, 0.15) is 17.3 Å². The van der Waals surface area contributed by atoms with E-state index in [-0.39, 0.29) is 5.91 Å². The predicted octanol–water partition coefficient (Wildman–Crippen LogP) is 4.21. The molecule has 1 amide bonds. The number of methoxy groups -OCH3 is 1. The largest absolute Gasteiger partial charge is 0.493 e. The van der Waals surface area contributed by atoms with Gasteiger partial charge in [-0.25, -0.2) is 9.97 Å². The van der Waals surface area contributed by atoms with Crippen LogP contribution >= 0.6 is 0 Å². The van der Waals surface area contributed by atoms with E-state index in [0.29, 0.717) is 34.6 Å². The number of hydrogen-bond donors (Lipinski definition) is 2. The van der Waals surface area contributed by atoms with Crippen LogP contribution in [0.2, 0.25) is 0 Å². The molecule has 1 fully saturated rings. The van der Waals surface area contributed by atoms with E-state index >= 15 is 0 Å². The smallest absolute Gasteiger partial charge is 0.247 e. The van der Waals surface area contributed by atoms with E-state index in [1.54, 1.807) is 37.6 Å². The number of aryl methyl sites for hydroxylation is 1. The Labute approximate surface area is 205 Å². The molecule has 2 aromatic heterocycles. The van der Waals surface area contributed by atoms with Gasteiger partial charge >= 0.3 is 0 Å². The third-order valence-electron chi connectivity index (χ3n) is 5.74. The van der Waals surface area contributed by atoms with Gasteiger partial charge in [0, 0.05) is 61.8 Å². The molecule has 0 aliphatic carbocycles. The number of piperazine rings is 1. The molecule has 1 aromatic carbocycles. The second kappa shape index (κ2) is 10.9. The number of amides is 1. The first kappa shape index (κ1) is 24.0. The number of nitrogens with zero attached hydrogens (tertiary/aromatic N) is 4. The monoisotopic (exact) mass is 474 g/mol. The molecular formula is C26H30N6O3. The minimum absolute atomic E-state index is 0.284. The zero-order valence-corrected chi connectivity index (χ0v) is 20.2. The Morgan fingerprint density at radius 3 is 2.63 bits per heavy atom. The lowest BCUT2D eigenvalue weighted by molar-refractivity contribution is -0.111. The molecule has 9 heteroatoms. The summed E-state index contributed by atoms with van der Waals surface area (Å²) in [6, 6.07) is 11.0. The fraction of sp³-hybridized carbons (Fsp3) is 0.269. The highest BCUT2D eigenvalue weighted by atomic mass is 16.5. The molecule has 35 heavy (non-hydrogen) atoms. The molecule has 0 saturated carbocycles. The van der Waals surface area contributed by atoms with Crippen molar-refractivity contribution in [2.24, 2.45) is 0 Å². The van der Waals surface area contributed by atoms with E-state index in [9.17, 15) is 4.79 Å². The first-order chi connectivity index (χ1) is 16.9. The van der Waals surface area contributed by atoms with Crippen LogP contribution < -0.4 is 25.0 Å². The van der Waals surface area contributed by atoms with Gasteiger partial charge in [0.15, 0.2) is 11.6 Å². The van der Waals surface area contributed by atoms with Gasteiger partial charge in [-0.3, -0.25) is 4.79 Å². The van der Waals surface area contributed by atoms with Crippen molar-refractivity contribution < 1.29 is 14.3 Å². The zero-order chi connectivity index (χ0) is 24.8. The highest BCUT2D eigenvalue weighted by Crippen LogP contribution is 2.32. The summed E-state index contributed by atoms with van der Waals surface area (Å²) in [5, 5.41) is 5.97. The summed E-state index contributed by atoms with van der Waals surface area (Å²) in [5.74, 6) is 2.70. The first-order valence-electron chi connectivity index (χ1n) is 11.4. The SMILES string of the molecule is C=CC(=O)Nc1cccc(Oc2cc(Nc3ncc(N4CCN(C)CC4)cc3OC)ncc2C)c1. The second-order valence-electron chi connectivity index (χ2n) is 8.32. The van der Waals surface area contributed by atoms with Crippen LogP contribution in [0, 0.1) is 6.92 Å². The molecule has 1 saturated heterocycles. The number of pyridine rings is 2. The maximum Gasteiger partial charge on any atom is 0.247 e. The molecule has 1 aliphatic rings. The highest BCUT2D eigenvalue weighted by molar-refractivity contribution is 5.98. The lowest BCUT2D eigenvalue weighted by atomic mass is 10.2. The summed E-state index contributed by atoms with van der Waals surface area (Å²) in [7, 11) is 3.76. The third kappa shape index (κ3) is 6.07. The van der Waals surface area contributed by atoms with Crippen molar-refractivity contribution in [2.45, 2.75) is 6.92 Å². The van der Waals surface area contributed by atoms with Crippen LogP contribution in [0.15, 0.2) is 61.4 Å². The van der Waals surface area contributed by atoms with Crippen molar-refractivity contribution in [3.05, 3.63) is 67.0 Å². The number of aromatic nitrogens is 2. The number of nitrogens with one attached hydrogen (secondary N) is 2. The standard InChI is InChI=1S/C26H30N6O3/c1-5-25(33)29-19-7-6-8-21(13-19)35-22-15-24(27-16-18(22)2)30-26-23(34-4)14-20(17-28-26)32-11-9-31(3)10-12-32/h5-8,13-17H,1,9-12H2,2-4H3,(H,29,33)(H,27,28,30). The van der Waals surface area contributed by atoms with E-state index in [0.717, 1.165) is 37.4 Å². The van der Waals surface area contributed by atoms with Crippen molar-refractivity contribution >= 4 is 28.9 Å². The Morgan fingerprint density at radius 2 is 1.89 bits per heavy atom. The molecule has 2 N–H and O–H groups in total. The Kier molecular flexibility index (Phi) is 7.47. The number of rotatable bonds is 8. The summed E-state index contributed by atoms with van der Waals surface area (Å²) in [5.41, 5.74) is 2.51. The van der Waals surface area contributed by atoms with Gasteiger partial charge in [0.05, 0.1) is 19.0 Å². The normalized spacial score (nSPS) is 13.7. The second-order valence-corrected chi connectivity index (χ2v) is 8.32.